The Hall–Kier alpha value is -2.54. The number of thiophene rings is 2. The number of hydrazone groups is 1. The van der Waals surface area contributed by atoms with Crippen molar-refractivity contribution in [3.05, 3.63) is 74.3 Å². The molecular formula is C23H20ClN3OS2. The lowest BCUT2D eigenvalue weighted by atomic mass is 10.1. The first-order valence-electron chi connectivity index (χ1n) is 9.64. The van der Waals surface area contributed by atoms with Crippen LogP contribution in [0.3, 0.4) is 0 Å². The number of rotatable bonds is 6. The van der Waals surface area contributed by atoms with Crippen LogP contribution >= 0.6 is 34.3 Å². The van der Waals surface area contributed by atoms with Crippen LogP contribution in [0, 0.1) is 6.92 Å². The molecule has 1 aromatic carbocycles. The Morgan fingerprint density at radius 3 is 2.67 bits per heavy atom. The molecule has 152 valence electrons. The van der Waals surface area contributed by atoms with E-state index in [4.69, 9.17) is 16.6 Å². The van der Waals surface area contributed by atoms with Gasteiger partial charge in [-0.25, -0.2) is 10.4 Å². The standard InChI is InChI=1S/C23H20ClN3OS2/c1-3-6-18(20-11-12-22(24)30-20)26-27-23(28)16-13-19(21-10-9-14(2)29-21)25-17-8-5-4-7-15(16)17/h4-5,7-13H,3,6H2,1-2H3,(H,27,28)/b26-18-. The smallest absolute Gasteiger partial charge is 0.267 e. The van der Waals surface area contributed by atoms with E-state index in [0.717, 1.165) is 44.9 Å². The number of nitrogens with one attached hydrogen (secondary N) is 1. The second-order valence-electron chi connectivity index (χ2n) is 6.84. The molecule has 4 aromatic rings. The van der Waals surface area contributed by atoms with E-state index < -0.39 is 0 Å². The number of halogens is 1. The van der Waals surface area contributed by atoms with Gasteiger partial charge in [0.1, 0.15) is 0 Å². The molecule has 0 fully saturated rings. The number of pyridine rings is 1. The lowest BCUT2D eigenvalue weighted by molar-refractivity contribution is 0.0956. The van der Waals surface area contributed by atoms with Crippen molar-refractivity contribution in [2.75, 3.05) is 0 Å². The zero-order valence-corrected chi connectivity index (χ0v) is 19.0. The molecule has 1 N–H and O–H groups in total. The Kier molecular flexibility index (Phi) is 6.27. The molecule has 0 aliphatic rings. The number of hydrogen-bond donors (Lipinski definition) is 1. The molecule has 0 unspecified atom stereocenters. The van der Waals surface area contributed by atoms with Gasteiger partial charge in [-0.05, 0) is 49.7 Å². The van der Waals surface area contributed by atoms with Crippen LogP contribution in [-0.2, 0) is 0 Å². The molecule has 0 aliphatic carbocycles. The van der Waals surface area contributed by atoms with Crippen molar-refractivity contribution in [2.24, 2.45) is 5.10 Å². The van der Waals surface area contributed by atoms with Crippen LogP contribution < -0.4 is 5.43 Å². The number of benzene rings is 1. The van der Waals surface area contributed by atoms with Crippen molar-refractivity contribution in [1.29, 1.82) is 0 Å². The molecule has 0 atom stereocenters. The largest absolute Gasteiger partial charge is 0.272 e. The molecule has 0 saturated heterocycles. The number of nitrogens with zero attached hydrogens (tertiary/aromatic N) is 2. The van der Waals surface area contributed by atoms with Crippen LogP contribution in [0.2, 0.25) is 4.34 Å². The summed E-state index contributed by atoms with van der Waals surface area (Å²) in [5, 5.41) is 5.24. The van der Waals surface area contributed by atoms with E-state index in [-0.39, 0.29) is 5.91 Å². The van der Waals surface area contributed by atoms with E-state index in [2.05, 4.69) is 30.4 Å². The van der Waals surface area contributed by atoms with Crippen LogP contribution in [0.15, 0.2) is 59.7 Å². The SMILES string of the molecule is CCC/C(=N/NC(=O)c1cc(-c2ccc(C)s2)nc2ccccc12)c1ccc(Cl)s1. The third-order valence-corrected chi connectivity index (χ3v) is 6.89. The van der Waals surface area contributed by atoms with Gasteiger partial charge < -0.3 is 0 Å². The average molecular weight is 454 g/mol. The van der Waals surface area contributed by atoms with E-state index in [1.54, 1.807) is 11.3 Å². The second kappa shape index (κ2) is 9.08. The van der Waals surface area contributed by atoms with Crippen molar-refractivity contribution < 1.29 is 4.79 Å². The first-order valence-corrected chi connectivity index (χ1v) is 11.7. The van der Waals surface area contributed by atoms with E-state index in [1.165, 1.54) is 16.2 Å². The number of amides is 1. The zero-order chi connectivity index (χ0) is 21.1. The lowest BCUT2D eigenvalue weighted by Crippen LogP contribution is -2.20. The summed E-state index contributed by atoms with van der Waals surface area (Å²) in [6, 6.07) is 17.4. The molecule has 0 radical (unpaired) electrons. The molecule has 0 spiro atoms. The molecule has 3 heterocycles. The first kappa shape index (κ1) is 20.7. The Morgan fingerprint density at radius 1 is 1.13 bits per heavy atom. The average Bonchev–Trinajstić information content (AvgIpc) is 3.38. The van der Waals surface area contributed by atoms with Gasteiger partial charge in [-0.3, -0.25) is 4.79 Å². The summed E-state index contributed by atoms with van der Waals surface area (Å²) in [5.74, 6) is -0.251. The minimum absolute atomic E-state index is 0.251. The highest BCUT2D eigenvalue weighted by atomic mass is 35.5. The number of carbonyl (C=O) groups is 1. The first-order chi connectivity index (χ1) is 14.5. The molecule has 7 heteroatoms. The number of aryl methyl sites for hydroxylation is 1. The van der Waals surface area contributed by atoms with Crippen LogP contribution in [0.4, 0.5) is 0 Å². The van der Waals surface area contributed by atoms with Crippen molar-refractivity contribution in [3.63, 3.8) is 0 Å². The van der Waals surface area contributed by atoms with E-state index in [0.29, 0.717) is 9.90 Å². The molecule has 4 rings (SSSR count). The number of para-hydroxylation sites is 1. The van der Waals surface area contributed by atoms with Gasteiger partial charge in [0.15, 0.2) is 0 Å². The fourth-order valence-electron chi connectivity index (χ4n) is 3.18. The van der Waals surface area contributed by atoms with Gasteiger partial charge in [0.2, 0.25) is 0 Å². The van der Waals surface area contributed by atoms with Crippen LogP contribution in [0.5, 0.6) is 0 Å². The second-order valence-corrected chi connectivity index (χ2v) is 9.84. The number of aromatic nitrogens is 1. The van der Waals surface area contributed by atoms with Crippen LogP contribution in [0.25, 0.3) is 21.5 Å². The summed E-state index contributed by atoms with van der Waals surface area (Å²) in [6.07, 6.45) is 1.68. The Labute approximate surface area is 188 Å². The third kappa shape index (κ3) is 4.46. The zero-order valence-electron chi connectivity index (χ0n) is 16.6. The maximum atomic E-state index is 13.1. The number of carbonyl (C=O) groups excluding carboxylic acids is 1. The van der Waals surface area contributed by atoms with Crippen molar-refractivity contribution in [1.82, 2.24) is 10.4 Å². The summed E-state index contributed by atoms with van der Waals surface area (Å²) in [7, 11) is 0. The molecule has 0 aliphatic heterocycles. The number of fused-ring (bicyclic) bond motifs is 1. The highest BCUT2D eigenvalue weighted by molar-refractivity contribution is 7.18. The molecule has 0 saturated carbocycles. The summed E-state index contributed by atoms with van der Waals surface area (Å²) < 4.78 is 0.705. The minimum atomic E-state index is -0.251. The van der Waals surface area contributed by atoms with Gasteiger partial charge in [0.05, 0.1) is 36.6 Å². The van der Waals surface area contributed by atoms with E-state index in [1.807, 2.05) is 48.5 Å². The van der Waals surface area contributed by atoms with Gasteiger partial charge in [0.25, 0.3) is 5.91 Å². The molecule has 4 nitrogen and oxygen atoms in total. The minimum Gasteiger partial charge on any atom is -0.267 e. The third-order valence-electron chi connectivity index (χ3n) is 4.59. The van der Waals surface area contributed by atoms with E-state index >= 15 is 0 Å². The summed E-state index contributed by atoms with van der Waals surface area (Å²) in [6.45, 7) is 4.14. The predicted molar refractivity (Wildman–Crippen MR) is 128 cm³/mol. The predicted octanol–water partition coefficient (Wildman–Crippen LogP) is 6.92. The van der Waals surface area contributed by atoms with Gasteiger partial charge in [-0.2, -0.15) is 5.10 Å². The Morgan fingerprint density at radius 2 is 1.97 bits per heavy atom. The van der Waals surface area contributed by atoms with Gasteiger partial charge in [0, 0.05) is 10.3 Å². The Bertz CT molecular complexity index is 1240. The van der Waals surface area contributed by atoms with Crippen molar-refractivity contribution >= 4 is 56.8 Å². The fraction of sp³-hybridized carbons (Fsp3) is 0.174. The molecule has 3 aromatic heterocycles. The maximum absolute atomic E-state index is 13.1. The van der Waals surface area contributed by atoms with Crippen LogP contribution in [-0.4, -0.2) is 16.6 Å². The van der Waals surface area contributed by atoms with Gasteiger partial charge in [-0.15, -0.1) is 22.7 Å². The quantitative estimate of drug-likeness (QED) is 0.254. The summed E-state index contributed by atoms with van der Waals surface area (Å²) >= 11 is 9.20. The number of hydrogen-bond acceptors (Lipinski definition) is 5. The fourth-order valence-corrected chi connectivity index (χ4v) is 5.07. The summed E-state index contributed by atoms with van der Waals surface area (Å²) in [4.78, 5) is 21.1. The normalized spacial score (nSPS) is 11.8. The molecule has 0 bridgehead atoms. The van der Waals surface area contributed by atoms with Crippen molar-refractivity contribution in [2.45, 2.75) is 26.7 Å². The topological polar surface area (TPSA) is 54.4 Å². The van der Waals surface area contributed by atoms with Crippen molar-refractivity contribution in [3.8, 4) is 10.6 Å². The molecule has 30 heavy (non-hydrogen) atoms. The highest BCUT2D eigenvalue weighted by Gasteiger charge is 2.15. The monoisotopic (exact) mass is 453 g/mol. The maximum Gasteiger partial charge on any atom is 0.272 e. The van der Waals surface area contributed by atoms with Gasteiger partial charge >= 0.3 is 0 Å². The Balaban J connectivity index is 1.71. The van der Waals surface area contributed by atoms with Gasteiger partial charge in [-0.1, -0.05) is 43.1 Å². The highest BCUT2D eigenvalue weighted by Crippen LogP contribution is 2.30. The lowest BCUT2D eigenvalue weighted by Gasteiger charge is -2.09. The summed E-state index contributed by atoms with van der Waals surface area (Å²) in [5.41, 5.74) is 5.72. The van der Waals surface area contributed by atoms with Crippen LogP contribution in [0.1, 0.15) is 39.9 Å². The van der Waals surface area contributed by atoms with E-state index in [9.17, 15) is 4.79 Å². The molecule has 1 amide bonds. The molecular weight excluding hydrogens is 434 g/mol.